The van der Waals surface area contributed by atoms with E-state index in [0.717, 1.165) is 37.1 Å². The molecule has 1 atom stereocenters. The summed E-state index contributed by atoms with van der Waals surface area (Å²) in [4.78, 5) is 15.1. The normalized spacial score (nSPS) is 18.6. The highest BCUT2D eigenvalue weighted by Gasteiger charge is 2.28. The van der Waals surface area contributed by atoms with Crippen LogP contribution in [0.1, 0.15) is 50.8 Å². The van der Waals surface area contributed by atoms with Gasteiger partial charge in [-0.2, -0.15) is 0 Å². The lowest BCUT2D eigenvalue weighted by Gasteiger charge is -2.31. The molecule has 0 bridgehead atoms. The lowest BCUT2D eigenvalue weighted by Crippen LogP contribution is -2.39. The van der Waals surface area contributed by atoms with Crippen molar-refractivity contribution >= 4 is 17.2 Å². The molecular formula is C16H21N3O2S. The molecule has 0 saturated carbocycles. The van der Waals surface area contributed by atoms with Crippen LogP contribution in [0.3, 0.4) is 0 Å². The Labute approximate surface area is 134 Å². The zero-order valence-corrected chi connectivity index (χ0v) is 13.6. The molecule has 118 valence electrons. The Kier molecular flexibility index (Phi) is 4.87. The number of likely N-dealkylation sites (tertiary alicyclic amines) is 1. The monoisotopic (exact) mass is 319 g/mol. The predicted molar refractivity (Wildman–Crippen MR) is 85.7 cm³/mol. The number of rotatable bonds is 5. The molecule has 0 aliphatic carbocycles. The van der Waals surface area contributed by atoms with Crippen LogP contribution in [-0.4, -0.2) is 34.1 Å². The number of hydrogen-bond donors (Lipinski definition) is 0. The Hall–Kier alpha value is -1.69. The maximum Gasteiger partial charge on any atom is 0.257 e. The van der Waals surface area contributed by atoms with Crippen molar-refractivity contribution in [2.24, 2.45) is 0 Å². The number of carbonyl (C=O) groups is 1. The van der Waals surface area contributed by atoms with Gasteiger partial charge in [0.25, 0.3) is 5.89 Å². The highest BCUT2D eigenvalue weighted by atomic mass is 32.1. The van der Waals surface area contributed by atoms with Crippen LogP contribution in [0.15, 0.2) is 21.9 Å². The van der Waals surface area contributed by atoms with E-state index in [-0.39, 0.29) is 11.8 Å². The third-order valence-electron chi connectivity index (χ3n) is 4.04. The van der Waals surface area contributed by atoms with E-state index in [0.29, 0.717) is 24.7 Å². The van der Waals surface area contributed by atoms with Crippen molar-refractivity contribution in [3.8, 4) is 10.8 Å². The highest BCUT2D eigenvalue weighted by Crippen LogP contribution is 2.30. The quantitative estimate of drug-likeness (QED) is 0.843. The molecule has 2 aromatic rings. The van der Waals surface area contributed by atoms with Gasteiger partial charge in [-0.25, -0.2) is 0 Å². The van der Waals surface area contributed by atoms with Crippen molar-refractivity contribution in [3.63, 3.8) is 0 Å². The first kappa shape index (κ1) is 15.2. The number of thiophene rings is 1. The molecule has 0 radical (unpaired) electrons. The van der Waals surface area contributed by atoms with Crippen LogP contribution >= 0.6 is 11.3 Å². The molecule has 0 aromatic carbocycles. The number of hydrogen-bond acceptors (Lipinski definition) is 5. The Balaban J connectivity index is 1.66. The van der Waals surface area contributed by atoms with Gasteiger partial charge < -0.3 is 9.32 Å². The van der Waals surface area contributed by atoms with E-state index >= 15 is 0 Å². The van der Waals surface area contributed by atoms with Gasteiger partial charge in [-0.05, 0) is 30.7 Å². The Morgan fingerprint density at radius 1 is 1.50 bits per heavy atom. The SMILES string of the molecule is CCCCC(=O)N1CCCC(c2nnc(-c3cccs3)o2)C1. The minimum atomic E-state index is 0.167. The number of aromatic nitrogens is 2. The number of nitrogens with zero attached hydrogens (tertiary/aromatic N) is 3. The van der Waals surface area contributed by atoms with Crippen molar-refractivity contribution in [1.29, 1.82) is 0 Å². The summed E-state index contributed by atoms with van der Waals surface area (Å²) >= 11 is 1.59. The summed E-state index contributed by atoms with van der Waals surface area (Å²) in [5.41, 5.74) is 0. The third-order valence-corrected chi connectivity index (χ3v) is 4.90. The van der Waals surface area contributed by atoms with Gasteiger partial charge in [0, 0.05) is 19.5 Å². The van der Waals surface area contributed by atoms with Crippen molar-refractivity contribution in [3.05, 3.63) is 23.4 Å². The fraction of sp³-hybridized carbons (Fsp3) is 0.562. The predicted octanol–water partition coefficient (Wildman–Crippen LogP) is 3.69. The molecule has 1 unspecified atom stereocenters. The minimum absolute atomic E-state index is 0.167. The van der Waals surface area contributed by atoms with E-state index in [9.17, 15) is 4.79 Å². The number of unbranched alkanes of at least 4 members (excludes halogenated alkanes) is 1. The van der Waals surface area contributed by atoms with E-state index in [4.69, 9.17) is 4.42 Å². The zero-order valence-electron chi connectivity index (χ0n) is 12.8. The van der Waals surface area contributed by atoms with Gasteiger partial charge in [-0.15, -0.1) is 21.5 Å². The first-order valence-corrected chi connectivity index (χ1v) is 8.81. The van der Waals surface area contributed by atoms with Gasteiger partial charge in [-0.1, -0.05) is 19.4 Å². The van der Waals surface area contributed by atoms with Gasteiger partial charge in [0.15, 0.2) is 0 Å². The molecule has 3 heterocycles. The summed E-state index contributed by atoms with van der Waals surface area (Å²) in [6, 6.07) is 3.95. The molecule has 1 fully saturated rings. The molecule has 1 saturated heterocycles. The highest BCUT2D eigenvalue weighted by molar-refractivity contribution is 7.13. The van der Waals surface area contributed by atoms with Crippen molar-refractivity contribution in [1.82, 2.24) is 15.1 Å². The fourth-order valence-corrected chi connectivity index (χ4v) is 3.43. The maximum absolute atomic E-state index is 12.2. The molecule has 0 N–H and O–H groups in total. The van der Waals surface area contributed by atoms with E-state index in [1.807, 2.05) is 22.4 Å². The fourth-order valence-electron chi connectivity index (χ4n) is 2.79. The van der Waals surface area contributed by atoms with Crippen molar-refractivity contribution in [2.75, 3.05) is 13.1 Å². The second-order valence-corrected chi connectivity index (χ2v) is 6.65. The number of piperidine rings is 1. The van der Waals surface area contributed by atoms with E-state index < -0.39 is 0 Å². The second-order valence-electron chi connectivity index (χ2n) is 5.71. The van der Waals surface area contributed by atoms with Crippen LogP contribution in [0, 0.1) is 0 Å². The van der Waals surface area contributed by atoms with Crippen LogP contribution in [0.4, 0.5) is 0 Å². The molecular weight excluding hydrogens is 298 g/mol. The summed E-state index contributed by atoms with van der Waals surface area (Å²) in [6.45, 7) is 3.66. The molecule has 6 heteroatoms. The van der Waals surface area contributed by atoms with Gasteiger partial charge in [0.2, 0.25) is 11.8 Å². The largest absolute Gasteiger partial charge is 0.420 e. The lowest BCUT2D eigenvalue weighted by molar-refractivity contribution is -0.132. The van der Waals surface area contributed by atoms with Gasteiger partial charge in [0.1, 0.15) is 0 Å². The first-order chi connectivity index (χ1) is 10.8. The van der Waals surface area contributed by atoms with Gasteiger partial charge in [-0.3, -0.25) is 4.79 Å². The molecule has 1 aliphatic heterocycles. The number of amides is 1. The summed E-state index contributed by atoms with van der Waals surface area (Å²) < 4.78 is 5.83. The number of carbonyl (C=O) groups excluding carboxylic acids is 1. The molecule has 1 aliphatic rings. The van der Waals surface area contributed by atoms with Crippen LogP contribution in [0.5, 0.6) is 0 Å². The van der Waals surface area contributed by atoms with Crippen LogP contribution in [0.25, 0.3) is 10.8 Å². The summed E-state index contributed by atoms with van der Waals surface area (Å²) in [5.74, 6) is 1.67. The standard InChI is InChI=1S/C16H21N3O2S/c1-2-3-8-14(20)19-9-4-6-12(11-19)15-17-18-16(21-15)13-7-5-10-22-13/h5,7,10,12H,2-4,6,8-9,11H2,1H3. The Morgan fingerprint density at radius 2 is 2.41 bits per heavy atom. The van der Waals surface area contributed by atoms with Gasteiger partial charge in [0.05, 0.1) is 10.8 Å². The molecule has 0 spiro atoms. The molecule has 3 rings (SSSR count). The van der Waals surface area contributed by atoms with Crippen LogP contribution in [0.2, 0.25) is 0 Å². The van der Waals surface area contributed by atoms with Crippen LogP contribution < -0.4 is 0 Å². The van der Waals surface area contributed by atoms with Crippen LogP contribution in [-0.2, 0) is 4.79 Å². The van der Waals surface area contributed by atoms with Crippen molar-refractivity contribution < 1.29 is 9.21 Å². The molecule has 5 nitrogen and oxygen atoms in total. The average molecular weight is 319 g/mol. The molecule has 2 aromatic heterocycles. The molecule has 22 heavy (non-hydrogen) atoms. The average Bonchev–Trinajstić information content (AvgIpc) is 3.23. The minimum Gasteiger partial charge on any atom is -0.420 e. The van der Waals surface area contributed by atoms with E-state index in [2.05, 4.69) is 17.1 Å². The van der Waals surface area contributed by atoms with E-state index in [1.165, 1.54) is 0 Å². The smallest absolute Gasteiger partial charge is 0.257 e. The van der Waals surface area contributed by atoms with Crippen molar-refractivity contribution in [2.45, 2.75) is 44.9 Å². The lowest BCUT2D eigenvalue weighted by atomic mass is 9.97. The maximum atomic E-state index is 12.2. The van der Waals surface area contributed by atoms with E-state index in [1.54, 1.807) is 11.3 Å². The Bertz CT molecular complexity index is 609. The molecule has 1 amide bonds. The summed E-state index contributed by atoms with van der Waals surface area (Å²) in [5, 5.41) is 10.3. The first-order valence-electron chi connectivity index (χ1n) is 7.93. The third kappa shape index (κ3) is 3.38. The summed E-state index contributed by atoms with van der Waals surface area (Å²) in [7, 11) is 0. The zero-order chi connectivity index (χ0) is 15.4. The van der Waals surface area contributed by atoms with Gasteiger partial charge >= 0.3 is 0 Å². The topological polar surface area (TPSA) is 59.2 Å². The summed E-state index contributed by atoms with van der Waals surface area (Å²) in [6.07, 6.45) is 4.66. The second kappa shape index (κ2) is 7.05. The Morgan fingerprint density at radius 3 is 3.18 bits per heavy atom.